The molecular formula is C33H56O5. The quantitative estimate of drug-likeness (QED) is 0.144. The summed E-state index contributed by atoms with van der Waals surface area (Å²) < 4.78 is 21.3. The summed E-state index contributed by atoms with van der Waals surface area (Å²) >= 11 is 0. The summed E-state index contributed by atoms with van der Waals surface area (Å²) in [4.78, 5) is 12.3. The number of hydrogen-bond donors (Lipinski definition) is 0. The fourth-order valence-electron chi connectivity index (χ4n) is 9.35. The van der Waals surface area contributed by atoms with Crippen LogP contribution >= 0.6 is 0 Å². The van der Waals surface area contributed by atoms with Gasteiger partial charge in [0.1, 0.15) is 12.7 Å². The zero-order chi connectivity index (χ0) is 27.3. The number of ether oxygens (including phenoxy) is 4. The van der Waals surface area contributed by atoms with Gasteiger partial charge >= 0.3 is 6.16 Å². The molecule has 0 aliphatic heterocycles. The molecule has 38 heavy (non-hydrogen) atoms. The van der Waals surface area contributed by atoms with Crippen LogP contribution in [0.1, 0.15) is 105 Å². The standard InChI is InChI=1S/C33H56O5/c1-23(2)8-7-9-24(3)28-12-13-29-27-11-10-25-22-26(38-31(34)37-21-20-36-19-18-35-6)14-16-32(25,4)30(27)15-17-33(28,29)5/h10,23-24,26-30H,7-9,11-22H2,1-6H3. The molecule has 5 heteroatoms. The molecule has 0 saturated heterocycles. The van der Waals surface area contributed by atoms with E-state index in [0.717, 1.165) is 54.8 Å². The Hall–Kier alpha value is -1.07. The number of methoxy groups -OCH3 is 1. The monoisotopic (exact) mass is 532 g/mol. The van der Waals surface area contributed by atoms with Crippen molar-refractivity contribution in [3.8, 4) is 0 Å². The topological polar surface area (TPSA) is 54.0 Å². The van der Waals surface area contributed by atoms with Crippen LogP contribution in [0.15, 0.2) is 11.6 Å². The minimum absolute atomic E-state index is 0.0656. The average Bonchev–Trinajstić information content (AvgIpc) is 3.23. The van der Waals surface area contributed by atoms with E-state index in [9.17, 15) is 4.79 Å². The highest BCUT2D eigenvalue weighted by Crippen LogP contribution is 2.67. The van der Waals surface area contributed by atoms with Gasteiger partial charge in [0, 0.05) is 13.5 Å². The number of carbonyl (C=O) groups is 1. The highest BCUT2D eigenvalue weighted by Gasteiger charge is 2.59. The van der Waals surface area contributed by atoms with Crippen LogP contribution in [-0.4, -0.2) is 45.8 Å². The van der Waals surface area contributed by atoms with E-state index >= 15 is 0 Å². The molecule has 0 N–H and O–H groups in total. The molecule has 4 aliphatic carbocycles. The zero-order valence-electron chi connectivity index (χ0n) is 25.3. The highest BCUT2D eigenvalue weighted by molar-refractivity contribution is 5.60. The number of rotatable bonds is 12. The Labute approximate surface area is 232 Å². The molecule has 0 heterocycles. The molecule has 0 aromatic rings. The minimum atomic E-state index is -0.559. The van der Waals surface area contributed by atoms with Gasteiger partial charge in [-0.05, 0) is 91.3 Å². The molecule has 4 rings (SSSR count). The van der Waals surface area contributed by atoms with Gasteiger partial charge in [-0.15, -0.1) is 0 Å². The van der Waals surface area contributed by atoms with Gasteiger partial charge in [0.05, 0.1) is 19.8 Å². The van der Waals surface area contributed by atoms with Crippen molar-refractivity contribution in [2.45, 2.75) is 111 Å². The Morgan fingerprint density at radius 2 is 1.76 bits per heavy atom. The molecule has 5 nitrogen and oxygen atoms in total. The molecule has 0 spiro atoms. The Bertz CT molecular complexity index is 807. The highest BCUT2D eigenvalue weighted by atomic mass is 16.7. The van der Waals surface area contributed by atoms with Crippen molar-refractivity contribution in [3.05, 3.63) is 11.6 Å². The summed E-state index contributed by atoms with van der Waals surface area (Å²) in [6.07, 6.45) is 15.9. The van der Waals surface area contributed by atoms with Gasteiger partial charge in [0.15, 0.2) is 0 Å². The molecule has 4 aliphatic rings. The van der Waals surface area contributed by atoms with Crippen molar-refractivity contribution in [1.82, 2.24) is 0 Å². The zero-order valence-corrected chi connectivity index (χ0v) is 25.3. The van der Waals surface area contributed by atoms with Crippen molar-refractivity contribution in [2.24, 2.45) is 46.3 Å². The van der Waals surface area contributed by atoms with Gasteiger partial charge in [-0.25, -0.2) is 4.79 Å². The summed E-state index contributed by atoms with van der Waals surface area (Å²) in [6, 6.07) is 0. The van der Waals surface area contributed by atoms with Crippen molar-refractivity contribution < 1.29 is 23.7 Å². The summed E-state index contributed by atoms with van der Waals surface area (Å²) in [5, 5.41) is 0. The van der Waals surface area contributed by atoms with Gasteiger partial charge in [-0.3, -0.25) is 0 Å². The van der Waals surface area contributed by atoms with Crippen molar-refractivity contribution >= 4 is 6.16 Å². The predicted octanol–water partition coefficient (Wildman–Crippen LogP) is 8.21. The molecule has 8 atom stereocenters. The van der Waals surface area contributed by atoms with Gasteiger partial charge in [0.2, 0.25) is 0 Å². The third-order valence-corrected chi connectivity index (χ3v) is 11.4. The molecule has 3 saturated carbocycles. The minimum Gasteiger partial charge on any atom is -0.432 e. The van der Waals surface area contributed by atoms with Gasteiger partial charge in [0.25, 0.3) is 0 Å². The van der Waals surface area contributed by atoms with Crippen LogP contribution in [0.25, 0.3) is 0 Å². The lowest BCUT2D eigenvalue weighted by atomic mass is 9.47. The Kier molecular flexibility index (Phi) is 10.3. The van der Waals surface area contributed by atoms with E-state index in [0.29, 0.717) is 25.2 Å². The first-order valence-corrected chi connectivity index (χ1v) is 15.8. The van der Waals surface area contributed by atoms with E-state index in [4.69, 9.17) is 18.9 Å². The van der Waals surface area contributed by atoms with Crippen molar-refractivity contribution in [3.63, 3.8) is 0 Å². The second kappa shape index (κ2) is 13.1. The summed E-state index contributed by atoms with van der Waals surface area (Å²) in [7, 11) is 1.64. The van der Waals surface area contributed by atoms with E-state index in [1.54, 1.807) is 12.7 Å². The maximum Gasteiger partial charge on any atom is 0.508 e. The van der Waals surface area contributed by atoms with Crippen LogP contribution in [-0.2, 0) is 18.9 Å². The molecule has 0 radical (unpaired) electrons. The first kappa shape index (κ1) is 29.9. The molecule has 0 bridgehead atoms. The lowest BCUT2D eigenvalue weighted by Crippen LogP contribution is -2.51. The molecule has 0 amide bonds. The summed E-state index contributed by atoms with van der Waals surface area (Å²) in [6.45, 7) is 14.1. The van der Waals surface area contributed by atoms with Crippen molar-refractivity contribution in [2.75, 3.05) is 33.5 Å². The number of fused-ring (bicyclic) bond motifs is 5. The fourth-order valence-corrected chi connectivity index (χ4v) is 9.35. The number of hydrogen-bond acceptors (Lipinski definition) is 5. The maximum atomic E-state index is 12.3. The first-order chi connectivity index (χ1) is 18.2. The normalized spacial score (nSPS) is 37.1. The van der Waals surface area contributed by atoms with E-state index in [2.05, 4.69) is 40.7 Å². The summed E-state index contributed by atoms with van der Waals surface area (Å²) in [5.74, 6) is 5.08. The first-order valence-electron chi connectivity index (χ1n) is 15.8. The Balaban J connectivity index is 1.31. The van der Waals surface area contributed by atoms with E-state index in [1.807, 2.05) is 0 Å². The molecule has 0 aromatic heterocycles. The van der Waals surface area contributed by atoms with Crippen LogP contribution < -0.4 is 0 Å². The van der Waals surface area contributed by atoms with Crippen LogP contribution in [0.3, 0.4) is 0 Å². The van der Waals surface area contributed by atoms with Gasteiger partial charge < -0.3 is 18.9 Å². The molecule has 218 valence electrons. The molecule has 3 fully saturated rings. The van der Waals surface area contributed by atoms with E-state index < -0.39 is 6.16 Å². The lowest BCUT2D eigenvalue weighted by molar-refractivity contribution is -0.0626. The van der Waals surface area contributed by atoms with E-state index in [-0.39, 0.29) is 18.1 Å². The number of carbonyl (C=O) groups excluding carboxylic acids is 1. The van der Waals surface area contributed by atoms with Crippen LogP contribution in [0.4, 0.5) is 4.79 Å². The number of allylic oxidation sites excluding steroid dienone is 1. The van der Waals surface area contributed by atoms with Crippen molar-refractivity contribution in [1.29, 1.82) is 0 Å². The van der Waals surface area contributed by atoms with Gasteiger partial charge in [-0.2, -0.15) is 0 Å². The molecular weight excluding hydrogens is 476 g/mol. The second-order valence-electron chi connectivity index (χ2n) is 14.0. The molecule has 0 aromatic carbocycles. The van der Waals surface area contributed by atoms with Crippen LogP contribution in [0.2, 0.25) is 0 Å². The fraction of sp³-hybridized carbons (Fsp3) is 0.909. The van der Waals surface area contributed by atoms with Crippen LogP contribution in [0.5, 0.6) is 0 Å². The van der Waals surface area contributed by atoms with Gasteiger partial charge in [-0.1, -0.05) is 65.5 Å². The van der Waals surface area contributed by atoms with E-state index in [1.165, 1.54) is 51.4 Å². The lowest BCUT2D eigenvalue weighted by Gasteiger charge is -2.58. The average molecular weight is 533 g/mol. The Morgan fingerprint density at radius 3 is 2.53 bits per heavy atom. The Morgan fingerprint density at radius 1 is 0.974 bits per heavy atom. The molecule has 8 unspecified atom stereocenters. The predicted molar refractivity (Wildman–Crippen MR) is 152 cm³/mol. The largest absolute Gasteiger partial charge is 0.508 e. The third kappa shape index (κ3) is 6.45. The smallest absolute Gasteiger partial charge is 0.432 e. The maximum absolute atomic E-state index is 12.3. The SMILES string of the molecule is COCCOCCOC(=O)OC1CCC2(C)C(=CCC3C2CCC2(C)C(C(C)CCCC(C)C)CCC32)C1. The summed E-state index contributed by atoms with van der Waals surface area (Å²) in [5.41, 5.74) is 2.34. The second-order valence-corrected chi connectivity index (χ2v) is 14.0. The third-order valence-electron chi connectivity index (χ3n) is 11.4. The van der Waals surface area contributed by atoms with Crippen LogP contribution in [0, 0.1) is 46.3 Å².